The van der Waals surface area contributed by atoms with E-state index in [1.807, 2.05) is 48.5 Å². The van der Waals surface area contributed by atoms with Gasteiger partial charge in [0.05, 0.1) is 6.26 Å². The number of benzene rings is 2. The third kappa shape index (κ3) is 4.26. The summed E-state index contributed by atoms with van der Waals surface area (Å²) in [6, 6.07) is 20.3. The molecule has 0 saturated heterocycles. The third-order valence-electron chi connectivity index (χ3n) is 3.45. The number of amides is 1. The molecule has 0 bridgehead atoms. The molecule has 24 heavy (non-hydrogen) atoms. The standard InChI is InChI=1S/C19H16BrNO3/c20-15-8-10-16(11-9-15)24-13-18(22)21-19(17-7-4-12-23-17)14-5-2-1-3-6-14/h1-12,19H,13H2,(H,21,22)/t19-/m0/s1. The van der Waals surface area contributed by atoms with Gasteiger partial charge >= 0.3 is 0 Å². The Hall–Kier alpha value is -2.53. The first kappa shape index (κ1) is 16.3. The molecule has 1 N–H and O–H groups in total. The lowest BCUT2D eigenvalue weighted by Crippen LogP contribution is -2.33. The highest BCUT2D eigenvalue weighted by molar-refractivity contribution is 9.10. The maximum Gasteiger partial charge on any atom is 0.258 e. The zero-order chi connectivity index (χ0) is 16.8. The lowest BCUT2D eigenvalue weighted by molar-refractivity contribution is -0.123. The second kappa shape index (κ2) is 7.84. The van der Waals surface area contributed by atoms with E-state index in [1.165, 1.54) is 0 Å². The molecule has 0 unspecified atom stereocenters. The highest BCUT2D eigenvalue weighted by Crippen LogP contribution is 2.22. The van der Waals surface area contributed by atoms with Crippen LogP contribution in [0.2, 0.25) is 0 Å². The molecule has 0 spiro atoms. The molecule has 0 saturated carbocycles. The van der Waals surface area contributed by atoms with Crippen molar-refractivity contribution in [3.63, 3.8) is 0 Å². The second-order valence-corrected chi connectivity index (χ2v) is 6.08. The molecule has 1 atom stereocenters. The van der Waals surface area contributed by atoms with Gasteiger partial charge in [0, 0.05) is 4.47 Å². The molecule has 4 nitrogen and oxygen atoms in total. The van der Waals surface area contributed by atoms with Crippen molar-refractivity contribution in [2.24, 2.45) is 0 Å². The maximum absolute atomic E-state index is 12.3. The number of halogens is 1. The van der Waals surface area contributed by atoms with Crippen molar-refractivity contribution in [1.29, 1.82) is 0 Å². The van der Waals surface area contributed by atoms with E-state index in [0.717, 1.165) is 10.0 Å². The minimum Gasteiger partial charge on any atom is -0.484 e. The highest BCUT2D eigenvalue weighted by Gasteiger charge is 2.19. The molecule has 0 aliphatic rings. The number of rotatable bonds is 6. The summed E-state index contributed by atoms with van der Waals surface area (Å²) in [5.41, 5.74) is 0.949. The van der Waals surface area contributed by atoms with Crippen LogP contribution in [0, 0.1) is 0 Å². The molecular formula is C19H16BrNO3. The van der Waals surface area contributed by atoms with Gasteiger partial charge in [0.25, 0.3) is 5.91 Å². The van der Waals surface area contributed by atoms with E-state index < -0.39 is 0 Å². The van der Waals surface area contributed by atoms with Crippen molar-refractivity contribution in [2.45, 2.75) is 6.04 Å². The lowest BCUT2D eigenvalue weighted by Gasteiger charge is -2.17. The molecule has 0 aliphatic carbocycles. The van der Waals surface area contributed by atoms with Gasteiger partial charge in [-0.05, 0) is 42.0 Å². The second-order valence-electron chi connectivity index (χ2n) is 5.17. The normalized spacial score (nSPS) is 11.7. The molecular weight excluding hydrogens is 370 g/mol. The lowest BCUT2D eigenvalue weighted by atomic mass is 10.0. The molecule has 0 radical (unpaired) electrons. The summed E-state index contributed by atoms with van der Waals surface area (Å²) in [6.07, 6.45) is 1.59. The van der Waals surface area contributed by atoms with Crippen molar-refractivity contribution < 1.29 is 13.9 Å². The summed E-state index contributed by atoms with van der Waals surface area (Å²) in [6.45, 7) is -0.0638. The summed E-state index contributed by atoms with van der Waals surface area (Å²) in [4.78, 5) is 12.3. The number of carbonyl (C=O) groups excluding carboxylic acids is 1. The van der Waals surface area contributed by atoms with Crippen LogP contribution < -0.4 is 10.1 Å². The molecule has 0 fully saturated rings. The van der Waals surface area contributed by atoms with Crippen LogP contribution in [0.25, 0.3) is 0 Å². The van der Waals surface area contributed by atoms with E-state index in [1.54, 1.807) is 24.5 Å². The third-order valence-corrected chi connectivity index (χ3v) is 3.98. The van der Waals surface area contributed by atoms with Gasteiger partial charge in [0.15, 0.2) is 6.61 Å². The summed E-state index contributed by atoms with van der Waals surface area (Å²) in [5, 5.41) is 2.95. The maximum atomic E-state index is 12.3. The predicted molar refractivity (Wildman–Crippen MR) is 94.8 cm³/mol. The molecule has 3 aromatic rings. The Labute approximate surface area is 148 Å². The van der Waals surface area contributed by atoms with Gasteiger partial charge in [-0.3, -0.25) is 4.79 Å². The van der Waals surface area contributed by atoms with Crippen molar-refractivity contribution in [3.05, 3.63) is 88.8 Å². The van der Waals surface area contributed by atoms with Crippen LogP contribution in [-0.2, 0) is 4.79 Å². The summed E-state index contributed by atoms with van der Waals surface area (Å²) in [7, 11) is 0. The van der Waals surface area contributed by atoms with E-state index in [9.17, 15) is 4.79 Å². The predicted octanol–water partition coefficient (Wildman–Crippen LogP) is 4.33. The Kier molecular flexibility index (Phi) is 5.33. The number of nitrogens with one attached hydrogen (secondary N) is 1. The molecule has 122 valence electrons. The summed E-state index contributed by atoms with van der Waals surface area (Å²) < 4.78 is 11.9. The minimum absolute atomic E-state index is 0.0638. The van der Waals surface area contributed by atoms with Crippen LogP contribution in [-0.4, -0.2) is 12.5 Å². The van der Waals surface area contributed by atoms with Crippen LogP contribution in [0.4, 0.5) is 0 Å². The fraction of sp³-hybridized carbons (Fsp3) is 0.105. The molecule has 5 heteroatoms. The molecule has 1 aromatic heterocycles. The fourth-order valence-corrected chi connectivity index (χ4v) is 2.57. The van der Waals surface area contributed by atoms with Crippen LogP contribution in [0.15, 0.2) is 81.9 Å². The van der Waals surface area contributed by atoms with Crippen molar-refractivity contribution in [2.75, 3.05) is 6.61 Å². The Morgan fingerprint density at radius 3 is 2.46 bits per heavy atom. The average Bonchev–Trinajstić information content (AvgIpc) is 3.14. The Bertz CT molecular complexity index is 770. The molecule has 1 heterocycles. The van der Waals surface area contributed by atoms with Gasteiger partial charge in [0.2, 0.25) is 0 Å². The first-order valence-electron chi connectivity index (χ1n) is 7.48. The van der Waals surface area contributed by atoms with Gasteiger partial charge in [-0.1, -0.05) is 46.3 Å². The number of hydrogen-bond acceptors (Lipinski definition) is 3. The minimum atomic E-state index is -0.345. The van der Waals surface area contributed by atoms with Crippen LogP contribution in [0.1, 0.15) is 17.4 Å². The topological polar surface area (TPSA) is 51.5 Å². The Morgan fingerprint density at radius 1 is 1.04 bits per heavy atom. The van der Waals surface area contributed by atoms with Gasteiger partial charge in [-0.2, -0.15) is 0 Å². The Balaban J connectivity index is 1.66. The molecule has 0 aliphatic heterocycles. The van der Waals surface area contributed by atoms with Crippen LogP contribution in [0.5, 0.6) is 5.75 Å². The first-order chi connectivity index (χ1) is 11.7. The van der Waals surface area contributed by atoms with Crippen LogP contribution in [0.3, 0.4) is 0 Å². The Morgan fingerprint density at radius 2 is 1.79 bits per heavy atom. The van der Waals surface area contributed by atoms with Crippen molar-refractivity contribution >= 4 is 21.8 Å². The van der Waals surface area contributed by atoms with Gasteiger partial charge in [-0.15, -0.1) is 0 Å². The van der Waals surface area contributed by atoms with Gasteiger partial charge in [0.1, 0.15) is 17.6 Å². The van der Waals surface area contributed by atoms with Crippen molar-refractivity contribution in [3.8, 4) is 5.75 Å². The highest BCUT2D eigenvalue weighted by atomic mass is 79.9. The van der Waals surface area contributed by atoms with Gasteiger partial charge < -0.3 is 14.5 Å². The largest absolute Gasteiger partial charge is 0.484 e. The van der Waals surface area contributed by atoms with E-state index in [2.05, 4.69) is 21.2 Å². The van der Waals surface area contributed by atoms with E-state index in [0.29, 0.717) is 11.5 Å². The van der Waals surface area contributed by atoms with E-state index >= 15 is 0 Å². The number of ether oxygens (including phenoxy) is 1. The summed E-state index contributed by atoms with van der Waals surface area (Å²) in [5.74, 6) is 1.10. The van der Waals surface area contributed by atoms with E-state index in [-0.39, 0.29) is 18.6 Å². The van der Waals surface area contributed by atoms with E-state index in [4.69, 9.17) is 9.15 Å². The molecule has 3 rings (SSSR count). The van der Waals surface area contributed by atoms with Crippen LogP contribution >= 0.6 is 15.9 Å². The fourth-order valence-electron chi connectivity index (χ4n) is 2.30. The first-order valence-corrected chi connectivity index (χ1v) is 8.28. The summed E-state index contributed by atoms with van der Waals surface area (Å²) >= 11 is 3.36. The molecule has 2 aromatic carbocycles. The number of carbonyl (C=O) groups is 1. The smallest absolute Gasteiger partial charge is 0.258 e. The average molecular weight is 386 g/mol. The molecule has 1 amide bonds. The quantitative estimate of drug-likeness (QED) is 0.686. The monoisotopic (exact) mass is 385 g/mol. The van der Waals surface area contributed by atoms with Gasteiger partial charge in [-0.25, -0.2) is 0 Å². The zero-order valence-corrected chi connectivity index (χ0v) is 14.4. The number of hydrogen-bond donors (Lipinski definition) is 1. The SMILES string of the molecule is O=C(COc1ccc(Br)cc1)N[C@@H](c1ccccc1)c1ccco1. The zero-order valence-electron chi connectivity index (χ0n) is 12.8. The van der Waals surface area contributed by atoms with Crippen molar-refractivity contribution in [1.82, 2.24) is 5.32 Å². The number of furan rings is 1.